The molecule has 0 aromatic heterocycles. The van der Waals surface area contributed by atoms with Crippen molar-refractivity contribution in [3.8, 4) is 0 Å². The molecular weight excluding hydrogens is 362 g/mol. The van der Waals surface area contributed by atoms with Crippen LogP contribution < -0.4 is 5.73 Å². The number of likely N-dealkylation sites (tertiary alicyclic amines) is 2. The number of hydrogen-bond acceptors (Lipinski definition) is 6. The Bertz CT molecular complexity index is 646. The highest BCUT2D eigenvalue weighted by molar-refractivity contribution is 5.99. The zero-order valence-corrected chi connectivity index (χ0v) is 16.7. The van der Waals surface area contributed by atoms with Gasteiger partial charge in [-0.2, -0.15) is 0 Å². The molecule has 3 amide bonds. The smallest absolute Gasteiger partial charge is 0.237 e. The SMILES string of the molecule is CC(C[CH]C(=O)N1CCC2C1C(=O)CN2C(=O)CN1CCN(C)CC1)C(N)=O. The Kier molecular flexibility index (Phi) is 6.34. The molecule has 0 saturated carbocycles. The zero-order chi connectivity index (χ0) is 20.4. The zero-order valence-electron chi connectivity index (χ0n) is 16.7. The number of rotatable bonds is 6. The van der Waals surface area contributed by atoms with E-state index in [1.54, 1.807) is 16.7 Å². The number of nitrogens with zero attached hydrogens (tertiary/aromatic N) is 4. The highest BCUT2D eigenvalue weighted by atomic mass is 16.2. The van der Waals surface area contributed by atoms with E-state index in [0.29, 0.717) is 19.5 Å². The molecule has 3 heterocycles. The van der Waals surface area contributed by atoms with Crippen LogP contribution in [0.5, 0.6) is 0 Å². The van der Waals surface area contributed by atoms with Crippen LogP contribution in [0.4, 0.5) is 0 Å². The summed E-state index contributed by atoms with van der Waals surface area (Å²) in [5.41, 5.74) is 5.23. The van der Waals surface area contributed by atoms with Crippen LogP contribution in [-0.4, -0.2) is 108 Å². The van der Waals surface area contributed by atoms with Gasteiger partial charge in [0.05, 0.1) is 25.6 Å². The summed E-state index contributed by atoms with van der Waals surface area (Å²) in [7, 11) is 2.06. The number of primary amides is 1. The van der Waals surface area contributed by atoms with Gasteiger partial charge < -0.3 is 20.4 Å². The average molecular weight is 392 g/mol. The van der Waals surface area contributed by atoms with Crippen molar-refractivity contribution in [2.45, 2.75) is 31.8 Å². The summed E-state index contributed by atoms with van der Waals surface area (Å²) in [5, 5.41) is 0. The van der Waals surface area contributed by atoms with Gasteiger partial charge in [-0.15, -0.1) is 0 Å². The summed E-state index contributed by atoms with van der Waals surface area (Å²) in [6.45, 7) is 6.05. The van der Waals surface area contributed by atoms with E-state index in [1.165, 1.54) is 6.42 Å². The van der Waals surface area contributed by atoms with E-state index < -0.39 is 17.9 Å². The normalized spacial score (nSPS) is 27.1. The van der Waals surface area contributed by atoms with Crippen molar-refractivity contribution in [1.82, 2.24) is 19.6 Å². The molecule has 0 spiro atoms. The van der Waals surface area contributed by atoms with Crippen LogP contribution in [0.1, 0.15) is 19.8 Å². The van der Waals surface area contributed by atoms with Crippen molar-refractivity contribution in [2.75, 3.05) is 52.9 Å². The molecule has 0 aromatic rings. The fourth-order valence-corrected chi connectivity index (χ4v) is 4.19. The maximum absolute atomic E-state index is 12.8. The monoisotopic (exact) mass is 392 g/mol. The van der Waals surface area contributed by atoms with E-state index in [2.05, 4.69) is 16.8 Å². The molecule has 0 aliphatic carbocycles. The second-order valence-electron chi connectivity index (χ2n) is 8.14. The van der Waals surface area contributed by atoms with Gasteiger partial charge in [-0.1, -0.05) is 6.92 Å². The van der Waals surface area contributed by atoms with Gasteiger partial charge >= 0.3 is 0 Å². The van der Waals surface area contributed by atoms with E-state index >= 15 is 0 Å². The van der Waals surface area contributed by atoms with Crippen LogP contribution in [0.2, 0.25) is 0 Å². The number of nitrogens with two attached hydrogens (primary N) is 1. The lowest BCUT2D eigenvalue weighted by Gasteiger charge is -2.33. The number of ketones is 1. The van der Waals surface area contributed by atoms with Crippen molar-refractivity contribution in [3.63, 3.8) is 0 Å². The first kappa shape index (κ1) is 20.7. The van der Waals surface area contributed by atoms with Crippen molar-refractivity contribution in [3.05, 3.63) is 6.42 Å². The number of amides is 3. The predicted octanol–water partition coefficient (Wildman–Crippen LogP) is -1.67. The van der Waals surface area contributed by atoms with E-state index in [9.17, 15) is 19.2 Å². The van der Waals surface area contributed by atoms with Gasteiger partial charge in [0.15, 0.2) is 5.78 Å². The number of fused-ring (bicyclic) bond motifs is 1. The number of hydrogen-bond donors (Lipinski definition) is 1. The van der Waals surface area contributed by atoms with Crippen LogP contribution in [0.3, 0.4) is 0 Å². The summed E-state index contributed by atoms with van der Waals surface area (Å²) in [6, 6.07) is -0.803. The largest absolute Gasteiger partial charge is 0.369 e. The number of carbonyl (C=O) groups is 4. The Balaban J connectivity index is 1.56. The molecule has 0 aromatic carbocycles. The molecule has 3 unspecified atom stereocenters. The van der Waals surface area contributed by atoms with Gasteiger partial charge in [0.2, 0.25) is 17.7 Å². The van der Waals surface area contributed by atoms with Gasteiger partial charge in [0.25, 0.3) is 0 Å². The highest BCUT2D eigenvalue weighted by Crippen LogP contribution is 2.30. The Morgan fingerprint density at radius 2 is 1.82 bits per heavy atom. The maximum Gasteiger partial charge on any atom is 0.237 e. The minimum Gasteiger partial charge on any atom is -0.369 e. The van der Waals surface area contributed by atoms with Crippen molar-refractivity contribution in [2.24, 2.45) is 11.7 Å². The van der Waals surface area contributed by atoms with E-state index in [1.807, 2.05) is 0 Å². The van der Waals surface area contributed by atoms with Crippen LogP contribution in [0, 0.1) is 12.3 Å². The Hall–Kier alpha value is -2.00. The summed E-state index contributed by atoms with van der Waals surface area (Å²) < 4.78 is 0. The van der Waals surface area contributed by atoms with Gasteiger partial charge in [-0.05, 0) is 19.9 Å². The van der Waals surface area contributed by atoms with Gasteiger partial charge in [-0.3, -0.25) is 24.1 Å². The Morgan fingerprint density at radius 1 is 1.14 bits per heavy atom. The second-order valence-corrected chi connectivity index (χ2v) is 8.14. The fourth-order valence-electron chi connectivity index (χ4n) is 4.19. The fraction of sp³-hybridized carbons (Fsp3) is 0.737. The summed E-state index contributed by atoms with van der Waals surface area (Å²) in [5.74, 6) is -1.27. The lowest BCUT2D eigenvalue weighted by Crippen LogP contribution is -2.50. The third kappa shape index (κ3) is 4.35. The number of likely N-dealkylation sites (N-methyl/N-ethyl adjacent to an activating group) is 1. The molecule has 3 fully saturated rings. The minimum absolute atomic E-state index is 0.0361. The van der Waals surface area contributed by atoms with Gasteiger partial charge in [0, 0.05) is 38.6 Å². The highest BCUT2D eigenvalue weighted by Gasteiger charge is 2.51. The maximum atomic E-state index is 12.8. The lowest BCUT2D eigenvalue weighted by atomic mass is 10.0. The summed E-state index contributed by atoms with van der Waals surface area (Å²) in [6.07, 6.45) is 2.29. The number of piperazine rings is 1. The lowest BCUT2D eigenvalue weighted by molar-refractivity contribution is -0.134. The molecule has 9 heteroatoms. The topological polar surface area (TPSA) is 107 Å². The molecular formula is C19H30N5O4. The molecule has 3 atom stereocenters. The van der Waals surface area contributed by atoms with Crippen molar-refractivity contribution >= 4 is 23.5 Å². The second kappa shape index (κ2) is 8.57. The predicted molar refractivity (Wildman–Crippen MR) is 102 cm³/mol. The van der Waals surface area contributed by atoms with Crippen LogP contribution in [0.15, 0.2) is 0 Å². The van der Waals surface area contributed by atoms with Crippen molar-refractivity contribution < 1.29 is 19.2 Å². The number of carbonyl (C=O) groups excluding carboxylic acids is 4. The van der Waals surface area contributed by atoms with E-state index in [0.717, 1.165) is 26.2 Å². The summed E-state index contributed by atoms with van der Waals surface area (Å²) >= 11 is 0. The first-order valence-electron chi connectivity index (χ1n) is 9.94. The minimum atomic E-state index is -0.566. The molecule has 9 nitrogen and oxygen atoms in total. The third-order valence-electron chi connectivity index (χ3n) is 6.11. The molecule has 2 N–H and O–H groups in total. The third-order valence-corrected chi connectivity index (χ3v) is 6.11. The van der Waals surface area contributed by atoms with Gasteiger partial charge in [0.1, 0.15) is 6.04 Å². The molecule has 3 rings (SSSR count). The standard InChI is InChI=1S/C19H30N5O4/c1-13(19(20)28)3-4-16(26)23-6-5-14-18(23)15(25)11-24(14)17(27)12-22-9-7-21(2)8-10-22/h4,13-14,18H,3,5-12H2,1-2H3,(H2,20,28). The molecule has 1 radical (unpaired) electrons. The molecule has 0 bridgehead atoms. The molecule has 28 heavy (non-hydrogen) atoms. The van der Waals surface area contributed by atoms with E-state index in [-0.39, 0.29) is 36.6 Å². The molecule has 3 aliphatic rings. The van der Waals surface area contributed by atoms with Crippen LogP contribution in [0.25, 0.3) is 0 Å². The van der Waals surface area contributed by atoms with Crippen LogP contribution in [-0.2, 0) is 19.2 Å². The average Bonchev–Trinajstić information content (AvgIpc) is 3.22. The van der Waals surface area contributed by atoms with E-state index in [4.69, 9.17) is 5.73 Å². The first-order chi connectivity index (χ1) is 13.3. The molecule has 3 saturated heterocycles. The van der Waals surface area contributed by atoms with Crippen LogP contribution >= 0.6 is 0 Å². The summed E-state index contributed by atoms with van der Waals surface area (Å²) in [4.78, 5) is 56.6. The van der Waals surface area contributed by atoms with Gasteiger partial charge in [-0.25, -0.2) is 0 Å². The van der Waals surface area contributed by atoms with Crippen molar-refractivity contribution in [1.29, 1.82) is 0 Å². The first-order valence-corrected chi connectivity index (χ1v) is 9.94. The molecule has 3 aliphatic heterocycles. The molecule has 155 valence electrons. The quantitative estimate of drug-likeness (QED) is 0.579. The number of Topliss-reactive ketones (excluding diaryl/α,β-unsaturated/α-hetero) is 1. The Labute approximate surface area is 165 Å². The Morgan fingerprint density at radius 3 is 2.46 bits per heavy atom.